The van der Waals surface area contributed by atoms with Gasteiger partial charge in [-0.15, -0.1) is 11.3 Å². The molecule has 2 aromatic heterocycles. The van der Waals surface area contributed by atoms with Gasteiger partial charge in [0.2, 0.25) is 0 Å². The standard InChI is InChI=1S/C14H19ClFNOSSi/c1-14(2,3)20(4,5)18-8-10-11(16)12-13(19-10)9(15)6-7-17-12/h6-7H,8H2,1-5H3. The fourth-order valence-corrected chi connectivity index (χ4v) is 3.79. The molecule has 0 N–H and O–H groups in total. The zero-order valence-electron chi connectivity index (χ0n) is 12.4. The van der Waals surface area contributed by atoms with E-state index in [1.54, 1.807) is 6.07 Å². The van der Waals surface area contributed by atoms with Crippen LogP contribution in [0.2, 0.25) is 23.2 Å². The quantitative estimate of drug-likeness (QED) is 0.682. The van der Waals surface area contributed by atoms with Crippen LogP contribution in [0.4, 0.5) is 4.39 Å². The summed E-state index contributed by atoms with van der Waals surface area (Å²) in [5.41, 5.74) is 0.344. The molecular formula is C14H19ClFNOSSi. The number of hydrogen-bond acceptors (Lipinski definition) is 3. The molecular weight excluding hydrogens is 313 g/mol. The summed E-state index contributed by atoms with van der Waals surface area (Å²) in [4.78, 5) is 4.64. The predicted molar refractivity (Wildman–Crippen MR) is 86.6 cm³/mol. The van der Waals surface area contributed by atoms with Crippen molar-refractivity contribution in [2.45, 2.75) is 45.5 Å². The average Bonchev–Trinajstić information content (AvgIpc) is 2.65. The molecule has 6 heteroatoms. The SMILES string of the molecule is CC(C)(C)[Si](C)(C)OCc1sc2c(Cl)ccnc2c1F. The second kappa shape index (κ2) is 5.37. The van der Waals surface area contributed by atoms with Crippen molar-refractivity contribution in [2.75, 3.05) is 0 Å². The molecule has 2 nitrogen and oxygen atoms in total. The molecule has 0 aliphatic rings. The van der Waals surface area contributed by atoms with Crippen LogP contribution in [0, 0.1) is 5.82 Å². The highest BCUT2D eigenvalue weighted by Gasteiger charge is 2.37. The van der Waals surface area contributed by atoms with E-state index in [9.17, 15) is 4.39 Å². The Kier molecular flexibility index (Phi) is 4.26. The number of halogens is 2. The first-order valence-corrected chi connectivity index (χ1v) is 10.6. The first kappa shape index (κ1) is 15.9. The van der Waals surface area contributed by atoms with Gasteiger partial charge in [0, 0.05) is 6.20 Å². The molecule has 20 heavy (non-hydrogen) atoms. The molecule has 0 fully saturated rings. The molecule has 110 valence electrons. The van der Waals surface area contributed by atoms with Gasteiger partial charge in [-0.3, -0.25) is 4.98 Å². The maximum atomic E-state index is 14.3. The Balaban J connectivity index is 2.28. The zero-order valence-corrected chi connectivity index (χ0v) is 15.0. The van der Waals surface area contributed by atoms with Crippen LogP contribution in [0.5, 0.6) is 0 Å². The summed E-state index contributed by atoms with van der Waals surface area (Å²) in [5.74, 6) is -0.300. The van der Waals surface area contributed by atoms with Gasteiger partial charge in [-0.2, -0.15) is 0 Å². The molecule has 0 radical (unpaired) electrons. The van der Waals surface area contributed by atoms with E-state index >= 15 is 0 Å². The molecule has 0 atom stereocenters. The molecule has 0 saturated heterocycles. The molecule has 2 aromatic rings. The van der Waals surface area contributed by atoms with Gasteiger partial charge in [0.15, 0.2) is 14.1 Å². The van der Waals surface area contributed by atoms with E-state index in [2.05, 4.69) is 38.8 Å². The van der Waals surface area contributed by atoms with E-state index < -0.39 is 8.32 Å². The lowest BCUT2D eigenvalue weighted by Gasteiger charge is -2.35. The van der Waals surface area contributed by atoms with Crippen LogP contribution in [0.1, 0.15) is 25.6 Å². The summed E-state index contributed by atoms with van der Waals surface area (Å²) < 4.78 is 21.1. The summed E-state index contributed by atoms with van der Waals surface area (Å²) in [6.07, 6.45) is 1.53. The highest BCUT2D eigenvalue weighted by Crippen LogP contribution is 2.39. The Morgan fingerprint density at radius 2 is 2.05 bits per heavy atom. The molecule has 0 aliphatic heterocycles. The topological polar surface area (TPSA) is 22.1 Å². The predicted octanol–water partition coefficient (Wildman–Crippen LogP) is 5.61. The number of hydrogen-bond donors (Lipinski definition) is 0. The minimum Gasteiger partial charge on any atom is -0.412 e. The number of rotatable bonds is 3. The molecule has 0 amide bonds. The van der Waals surface area contributed by atoms with E-state index in [0.29, 0.717) is 26.7 Å². The lowest BCUT2D eigenvalue weighted by molar-refractivity contribution is 0.275. The van der Waals surface area contributed by atoms with Crippen LogP contribution < -0.4 is 0 Å². The van der Waals surface area contributed by atoms with Crippen LogP contribution in [0.15, 0.2) is 12.3 Å². The summed E-state index contributed by atoms with van der Waals surface area (Å²) >= 11 is 7.41. The molecule has 0 bridgehead atoms. The van der Waals surface area contributed by atoms with Crippen molar-refractivity contribution < 1.29 is 8.82 Å². The number of pyridine rings is 1. The Labute approximate surface area is 129 Å². The van der Waals surface area contributed by atoms with Crippen molar-refractivity contribution in [3.63, 3.8) is 0 Å². The fraction of sp³-hybridized carbons (Fsp3) is 0.500. The Hall–Kier alpha value is -0.493. The van der Waals surface area contributed by atoms with Gasteiger partial charge >= 0.3 is 0 Å². The second-order valence-corrected chi connectivity index (χ2v) is 12.7. The number of fused-ring (bicyclic) bond motifs is 1. The van der Waals surface area contributed by atoms with Crippen LogP contribution >= 0.6 is 22.9 Å². The number of aromatic nitrogens is 1. The molecule has 0 unspecified atom stereocenters. The Morgan fingerprint density at radius 1 is 1.40 bits per heavy atom. The highest BCUT2D eigenvalue weighted by molar-refractivity contribution is 7.19. The maximum absolute atomic E-state index is 14.3. The van der Waals surface area contributed by atoms with Crippen molar-refractivity contribution in [1.29, 1.82) is 0 Å². The van der Waals surface area contributed by atoms with E-state index in [1.807, 2.05) is 0 Å². The minimum absolute atomic E-state index is 0.107. The Bertz CT molecular complexity index is 636. The molecule has 2 heterocycles. The summed E-state index contributed by atoms with van der Waals surface area (Å²) in [7, 11) is -1.89. The van der Waals surface area contributed by atoms with E-state index in [4.69, 9.17) is 16.0 Å². The molecule has 2 rings (SSSR count). The molecule has 0 spiro atoms. The summed E-state index contributed by atoms with van der Waals surface area (Å²) in [5, 5.41) is 0.647. The molecule has 0 aliphatic carbocycles. The van der Waals surface area contributed by atoms with Crippen molar-refractivity contribution >= 4 is 41.5 Å². The van der Waals surface area contributed by atoms with Gasteiger partial charge in [-0.25, -0.2) is 4.39 Å². The smallest absolute Gasteiger partial charge is 0.192 e. The lowest BCUT2D eigenvalue weighted by atomic mass is 10.2. The third-order valence-electron chi connectivity index (χ3n) is 3.90. The van der Waals surface area contributed by atoms with Crippen LogP contribution in [-0.2, 0) is 11.0 Å². The zero-order chi connectivity index (χ0) is 15.1. The number of nitrogens with zero attached hydrogens (tertiary/aromatic N) is 1. The van der Waals surface area contributed by atoms with E-state index in [1.165, 1.54) is 17.5 Å². The van der Waals surface area contributed by atoms with E-state index in [0.717, 1.165) is 0 Å². The number of thiophene rings is 1. The normalized spacial score (nSPS) is 13.2. The van der Waals surface area contributed by atoms with Crippen molar-refractivity contribution in [3.8, 4) is 0 Å². The van der Waals surface area contributed by atoms with Gasteiger partial charge in [-0.05, 0) is 24.2 Å². The van der Waals surface area contributed by atoms with Crippen LogP contribution in [-0.4, -0.2) is 13.3 Å². The highest BCUT2D eigenvalue weighted by atomic mass is 35.5. The minimum atomic E-state index is -1.89. The Morgan fingerprint density at radius 3 is 2.60 bits per heavy atom. The van der Waals surface area contributed by atoms with Gasteiger partial charge < -0.3 is 4.43 Å². The van der Waals surface area contributed by atoms with Gasteiger partial charge in [0.05, 0.1) is 21.2 Å². The third kappa shape index (κ3) is 2.91. The summed E-state index contributed by atoms with van der Waals surface area (Å²) in [6, 6.07) is 1.68. The van der Waals surface area contributed by atoms with Crippen molar-refractivity contribution in [2.24, 2.45) is 0 Å². The average molecular weight is 332 g/mol. The van der Waals surface area contributed by atoms with E-state index in [-0.39, 0.29) is 10.9 Å². The first-order valence-electron chi connectivity index (χ1n) is 6.49. The maximum Gasteiger partial charge on any atom is 0.192 e. The summed E-state index contributed by atoms with van der Waals surface area (Å²) in [6.45, 7) is 11.1. The third-order valence-corrected chi connectivity index (χ3v) is 9.97. The fourth-order valence-electron chi connectivity index (χ4n) is 1.53. The monoisotopic (exact) mass is 331 g/mol. The van der Waals surface area contributed by atoms with Gasteiger partial charge in [0.25, 0.3) is 0 Å². The van der Waals surface area contributed by atoms with Crippen LogP contribution in [0.3, 0.4) is 0 Å². The molecule has 0 aromatic carbocycles. The molecule has 0 saturated carbocycles. The van der Waals surface area contributed by atoms with Crippen LogP contribution in [0.25, 0.3) is 10.2 Å². The van der Waals surface area contributed by atoms with Gasteiger partial charge in [0.1, 0.15) is 5.52 Å². The largest absolute Gasteiger partial charge is 0.412 e. The van der Waals surface area contributed by atoms with Gasteiger partial charge in [-0.1, -0.05) is 32.4 Å². The second-order valence-electron chi connectivity index (χ2n) is 6.36. The lowest BCUT2D eigenvalue weighted by Crippen LogP contribution is -2.40. The first-order chi connectivity index (χ1) is 9.13. The van der Waals surface area contributed by atoms with Crippen molar-refractivity contribution in [3.05, 3.63) is 28.0 Å². The van der Waals surface area contributed by atoms with Crippen molar-refractivity contribution in [1.82, 2.24) is 4.98 Å².